The molecule has 0 aromatic carbocycles. The fourth-order valence-corrected chi connectivity index (χ4v) is 0. The summed E-state index contributed by atoms with van der Waals surface area (Å²) < 4.78 is -0.0440. The zero-order valence-electron chi connectivity index (χ0n) is 3.93. The zero-order chi connectivity index (χ0) is 5.15. The number of aliphatic carboxylic acids is 1. The van der Waals surface area contributed by atoms with Crippen LogP contribution >= 0.6 is 0 Å². The second kappa shape index (κ2) is 2.23. The van der Waals surface area contributed by atoms with Crippen molar-refractivity contribution in [1.29, 1.82) is 0 Å². The van der Waals surface area contributed by atoms with Crippen LogP contribution in [0.25, 0.3) is 0 Å². The third-order valence-electron chi connectivity index (χ3n) is 0.494. The molecule has 0 aromatic heterocycles. The number of carbonyl (C=O) groups is 1. The van der Waals surface area contributed by atoms with Gasteiger partial charge in [-0.2, -0.15) is 0 Å². The monoisotopic (exact) mass is 150 g/mol. The van der Waals surface area contributed by atoms with Crippen LogP contribution in [0.3, 0.4) is 0 Å². The van der Waals surface area contributed by atoms with Crippen molar-refractivity contribution in [2.75, 3.05) is 0 Å². The summed E-state index contributed by atoms with van der Waals surface area (Å²) in [5, 5.41) is 8.04. The van der Waals surface area contributed by atoms with E-state index >= 15 is 0 Å². The molecule has 1 atom stereocenters. The minimum absolute atomic E-state index is 0.0440. The third-order valence-corrected chi connectivity index (χ3v) is 1.53. The molecule has 1 N–H and O–H groups in total. The van der Waals surface area contributed by atoms with Crippen LogP contribution in [0.5, 0.6) is 0 Å². The van der Waals surface area contributed by atoms with Crippen molar-refractivity contribution in [2.45, 2.75) is 11.7 Å². The van der Waals surface area contributed by atoms with Gasteiger partial charge < -0.3 is 0 Å². The van der Waals surface area contributed by atoms with Crippen LogP contribution in [-0.2, 0) is 4.79 Å². The molecule has 0 aromatic rings. The summed E-state index contributed by atoms with van der Waals surface area (Å²) in [4.78, 5) is 9.75. The normalized spacial score (nSPS) is 14.2. The van der Waals surface area contributed by atoms with Gasteiger partial charge in [0.25, 0.3) is 0 Å². The molecule has 0 saturated heterocycles. The van der Waals surface area contributed by atoms with Crippen LogP contribution in [0.15, 0.2) is 0 Å². The average molecular weight is 149 g/mol. The molecule has 0 fully saturated rings. The Morgan fingerprint density at radius 1 is 2.00 bits per heavy atom. The number of carboxylic acids is 1. The summed E-state index contributed by atoms with van der Waals surface area (Å²) in [6, 6.07) is 0. The summed E-state index contributed by atoms with van der Waals surface area (Å²) in [5.74, 6) is -0.657. The van der Waals surface area contributed by atoms with Gasteiger partial charge in [0.1, 0.15) is 0 Å². The van der Waals surface area contributed by atoms with Gasteiger partial charge in [-0.25, -0.2) is 0 Å². The number of hydrogen-bond donors (Lipinski definition) is 1. The van der Waals surface area contributed by atoms with Crippen LogP contribution in [0, 0.1) is 0 Å². The second-order valence-electron chi connectivity index (χ2n) is 1.49. The fourth-order valence-electron chi connectivity index (χ4n) is 0. The van der Waals surface area contributed by atoms with E-state index in [0.717, 1.165) is 0 Å². The Bertz CT molecular complexity index is 59.8. The summed E-state index contributed by atoms with van der Waals surface area (Å²) in [7, 11) is 0. The summed E-state index contributed by atoms with van der Waals surface area (Å²) in [6.45, 7) is 1.72. The van der Waals surface area contributed by atoms with Crippen molar-refractivity contribution < 1.29 is 9.90 Å². The van der Waals surface area contributed by atoms with E-state index in [2.05, 4.69) is 0 Å². The molecule has 1 unspecified atom stereocenters. The first-order valence-corrected chi connectivity index (χ1v) is 4.29. The molecule has 36 valence electrons. The predicted octanol–water partition coefficient (Wildman–Crippen LogP) is -0.755. The number of carboxylic acid groups (broad SMARTS) is 1. The Balaban J connectivity index is 3.26. The van der Waals surface area contributed by atoms with Gasteiger partial charge in [-0.15, -0.1) is 0 Å². The first-order chi connectivity index (χ1) is 2.64. The zero-order valence-corrected chi connectivity index (χ0v) is 8.13. The average Bonchev–Trinajstić information content (AvgIpc) is 1.36. The van der Waals surface area contributed by atoms with Gasteiger partial charge in [-0.05, 0) is 0 Å². The van der Waals surface area contributed by atoms with Crippen molar-refractivity contribution in [3.05, 3.63) is 0 Å². The van der Waals surface area contributed by atoms with Crippen molar-refractivity contribution in [2.24, 2.45) is 0 Å². The van der Waals surface area contributed by atoms with Crippen molar-refractivity contribution >= 4 is 22.5 Å². The van der Waals surface area contributed by atoms with Crippen LogP contribution < -0.4 is 0 Å². The van der Waals surface area contributed by atoms with Gasteiger partial charge in [-0.3, -0.25) is 0 Å². The van der Waals surface area contributed by atoms with Crippen LogP contribution in [0.1, 0.15) is 6.92 Å². The van der Waals surface area contributed by atoms with Crippen LogP contribution in [0.4, 0.5) is 0 Å². The third kappa shape index (κ3) is 2.26. The minimum atomic E-state index is -0.657. The Morgan fingerprint density at radius 3 is 2.17 bits per heavy atom. The molecule has 0 saturated carbocycles. The maximum atomic E-state index is 9.75. The molecule has 0 aliphatic rings. The van der Waals surface area contributed by atoms with Gasteiger partial charge in [-0.1, -0.05) is 0 Å². The molecule has 3 heteroatoms. The molecule has 0 bridgehead atoms. The quantitative estimate of drug-likeness (QED) is 0.497. The van der Waals surface area contributed by atoms with E-state index in [1.54, 1.807) is 6.92 Å². The first kappa shape index (κ1) is 6.01. The molecule has 0 rings (SSSR count). The van der Waals surface area contributed by atoms with Gasteiger partial charge in [0.15, 0.2) is 0 Å². The summed E-state index contributed by atoms with van der Waals surface area (Å²) in [6.07, 6.45) is 0. The van der Waals surface area contributed by atoms with Crippen molar-refractivity contribution in [3.8, 4) is 0 Å². The first-order valence-electron chi connectivity index (χ1n) is 1.87. The Labute approximate surface area is 44.8 Å². The Kier molecular flexibility index (Phi) is 2.24. The molecule has 0 heterocycles. The molecule has 2 nitrogen and oxygen atoms in total. The van der Waals surface area contributed by atoms with E-state index in [9.17, 15) is 4.79 Å². The second-order valence-corrected chi connectivity index (χ2v) is 5.13. The van der Waals surface area contributed by atoms with Crippen LogP contribution in [-0.4, -0.2) is 27.6 Å². The van der Waals surface area contributed by atoms with E-state index in [4.69, 9.17) is 5.11 Å². The topological polar surface area (TPSA) is 37.3 Å². The van der Waals surface area contributed by atoms with Gasteiger partial charge in [0.05, 0.1) is 0 Å². The summed E-state index contributed by atoms with van der Waals surface area (Å²) >= 11 is 0.443. The molecule has 0 amide bonds. The van der Waals surface area contributed by atoms with Gasteiger partial charge in [0.2, 0.25) is 0 Å². The maximum absolute atomic E-state index is 9.75. The SMILES string of the molecule is C[CH]([GeH3])C(=O)O. The van der Waals surface area contributed by atoms with E-state index in [1.165, 1.54) is 0 Å². The molecular weight excluding hydrogens is 141 g/mol. The van der Waals surface area contributed by atoms with Crippen LogP contribution in [0.2, 0.25) is 4.75 Å². The molecular formula is C3H8GeO2. The van der Waals surface area contributed by atoms with E-state index in [1.807, 2.05) is 0 Å². The molecule has 0 aliphatic heterocycles. The van der Waals surface area contributed by atoms with E-state index in [-0.39, 0.29) is 4.75 Å². The number of hydrogen-bond acceptors (Lipinski definition) is 1. The molecule has 0 spiro atoms. The van der Waals surface area contributed by atoms with Gasteiger partial charge >= 0.3 is 44.1 Å². The van der Waals surface area contributed by atoms with Crippen molar-refractivity contribution in [3.63, 3.8) is 0 Å². The van der Waals surface area contributed by atoms with Crippen molar-refractivity contribution in [1.82, 2.24) is 0 Å². The number of rotatable bonds is 1. The Hall–Kier alpha value is 0.0129. The molecule has 0 aliphatic carbocycles. The summed E-state index contributed by atoms with van der Waals surface area (Å²) in [5.41, 5.74) is 0. The fraction of sp³-hybridized carbons (Fsp3) is 0.667. The molecule has 6 heavy (non-hydrogen) atoms. The standard InChI is InChI=1S/C3H8GeO2/c1-2(4)3(5)6/h2H,1,4H3,(H,5,6). The van der Waals surface area contributed by atoms with Gasteiger partial charge in [0, 0.05) is 0 Å². The van der Waals surface area contributed by atoms with E-state index < -0.39 is 5.97 Å². The molecule has 0 radical (unpaired) electrons. The van der Waals surface area contributed by atoms with E-state index in [0.29, 0.717) is 16.5 Å². The Morgan fingerprint density at radius 2 is 2.17 bits per heavy atom. The predicted molar refractivity (Wildman–Crippen MR) is 27.0 cm³/mol.